The lowest BCUT2D eigenvalue weighted by Gasteiger charge is -2.00. The molecule has 0 saturated carbocycles. The number of imidazole rings is 1. The average Bonchev–Trinajstić information content (AvgIpc) is 2.49. The van der Waals surface area contributed by atoms with E-state index in [1.54, 1.807) is 6.20 Å². The summed E-state index contributed by atoms with van der Waals surface area (Å²) >= 11 is 8.29. The number of halogens is 1. The Morgan fingerprint density at radius 3 is 3.14 bits per heavy atom. The van der Waals surface area contributed by atoms with Gasteiger partial charge in [0.25, 0.3) is 0 Å². The summed E-state index contributed by atoms with van der Waals surface area (Å²) in [6.07, 6.45) is 4.31. The Morgan fingerprint density at radius 2 is 2.43 bits per heavy atom. The number of fused-ring (bicyclic) bond motifs is 1. The minimum Gasteiger partial charge on any atom is -0.393 e. The van der Waals surface area contributed by atoms with Crippen molar-refractivity contribution >= 4 is 38.8 Å². The van der Waals surface area contributed by atoms with Gasteiger partial charge < -0.3 is 10.1 Å². The molecule has 0 radical (unpaired) electrons. The molecule has 2 N–H and O–H groups in total. The second-order valence-electron chi connectivity index (χ2n) is 2.94. The van der Waals surface area contributed by atoms with Crippen LogP contribution in [0, 0.1) is 0 Å². The van der Waals surface area contributed by atoms with E-state index in [-0.39, 0.29) is 0 Å². The Labute approximate surface area is 95.1 Å². The van der Waals surface area contributed by atoms with E-state index in [0.717, 1.165) is 15.8 Å². The Kier molecular flexibility index (Phi) is 2.52. The van der Waals surface area contributed by atoms with E-state index in [1.807, 2.05) is 22.7 Å². The topological polar surface area (TPSA) is 43.3 Å². The molecule has 14 heavy (non-hydrogen) atoms. The van der Waals surface area contributed by atoms with Crippen molar-refractivity contribution in [1.29, 1.82) is 0 Å². The normalized spacial score (nSPS) is 10.6. The van der Waals surface area contributed by atoms with Gasteiger partial charge in [-0.3, -0.25) is 0 Å². The SMILES string of the molecule is NC(=S)Cc1cnc2c(Br)cccn12. The number of nitrogens with two attached hydrogens (primary N) is 1. The molecule has 0 aliphatic carbocycles. The number of pyridine rings is 1. The predicted octanol–water partition coefficient (Wildman–Crippen LogP) is 1.93. The molecule has 0 bridgehead atoms. The fraction of sp³-hybridized carbons (Fsp3) is 0.111. The Morgan fingerprint density at radius 1 is 1.64 bits per heavy atom. The quantitative estimate of drug-likeness (QED) is 0.848. The second-order valence-corrected chi connectivity index (χ2v) is 4.32. The van der Waals surface area contributed by atoms with Crippen LogP contribution >= 0.6 is 28.1 Å². The van der Waals surface area contributed by atoms with Gasteiger partial charge in [-0.2, -0.15) is 0 Å². The van der Waals surface area contributed by atoms with Crippen LogP contribution in [-0.4, -0.2) is 14.4 Å². The zero-order valence-corrected chi connectivity index (χ0v) is 9.68. The summed E-state index contributed by atoms with van der Waals surface area (Å²) in [6, 6.07) is 3.90. The van der Waals surface area contributed by atoms with Crippen LogP contribution in [-0.2, 0) is 6.42 Å². The van der Waals surface area contributed by atoms with Crippen molar-refractivity contribution in [3.8, 4) is 0 Å². The number of thiocarbonyl (C=S) groups is 1. The molecule has 2 aromatic heterocycles. The van der Waals surface area contributed by atoms with Crippen LogP contribution in [0.2, 0.25) is 0 Å². The van der Waals surface area contributed by atoms with Crippen LogP contribution < -0.4 is 5.73 Å². The zero-order valence-electron chi connectivity index (χ0n) is 7.27. The third-order valence-electron chi connectivity index (χ3n) is 1.92. The Hall–Kier alpha value is -0.940. The highest BCUT2D eigenvalue weighted by molar-refractivity contribution is 9.10. The molecule has 5 heteroatoms. The summed E-state index contributed by atoms with van der Waals surface area (Å²) in [6.45, 7) is 0. The molecule has 0 unspecified atom stereocenters. The summed E-state index contributed by atoms with van der Waals surface area (Å²) in [5, 5.41) is 0. The van der Waals surface area contributed by atoms with Gasteiger partial charge in [-0.25, -0.2) is 4.98 Å². The summed E-state index contributed by atoms with van der Waals surface area (Å²) in [5.74, 6) is 0. The third-order valence-corrected chi connectivity index (χ3v) is 2.68. The lowest BCUT2D eigenvalue weighted by Crippen LogP contribution is -2.12. The molecule has 72 valence electrons. The van der Waals surface area contributed by atoms with Gasteiger partial charge in [0.05, 0.1) is 9.46 Å². The first-order chi connectivity index (χ1) is 6.68. The molecule has 0 atom stereocenters. The van der Waals surface area contributed by atoms with Crippen LogP contribution in [0.3, 0.4) is 0 Å². The standard InChI is InChI=1S/C9H8BrN3S/c10-7-2-1-3-13-6(4-8(11)14)5-12-9(7)13/h1-3,5H,4H2,(H2,11,14). The lowest BCUT2D eigenvalue weighted by molar-refractivity contribution is 1.07. The van der Waals surface area contributed by atoms with E-state index < -0.39 is 0 Å². The highest BCUT2D eigenvalue weighted by Gasteiger charge is 2.05. The molecule has 0 amide bonds. The van der Waals surface area contributed by atoms with Crippen LogP contribution in [0.15, 0.2) is 29.0 Å². The van der Waals surface area contributed by atoms with Gasteiger partial charge in [0.1, 0.15) is 0 Å². The summed E-state index contributed by atoms with van der Waals surface area (Å²) < 4.78 is 2.94. The van der Waals surface area contributed by atoms with Gasteiger partial charge in [-0.05, 0) is 28.1 Å². The first kappa shape index (κ1) is 9.61. The second kappa shape index (κ2) is 3.67. The molecule has 2 heterocycles. The van der Waals surface area contributed by atoms with Crippen LogP contribution in [0.5, 0.6) is 0 Å². The van der Waals surface area contributed by atoms with Crippen LogP contribution in [0.1, 0.15) is 5.69 Å². The van der Waals surface area contributed by atoms with Crippen molar-refractivity contribution < 1.29 is 0 Å². The number of nitrogens with zero attached hydrogens (tertiary/aromatic N) is 2. The van der Waals surface area contributed by atoms with Gasteiger partial charge in [-0.1, -0.05) is 12.2 Å². The number of aromatic nitrogens is 2. The van der Waals surface area contributed by atoms with E-state index in [9.17, 15) is 0 Å². The van der Waals surface area contributed by atoms with Crippen molar-refractivity contribution in [2.75, 3.05) is 0 Å². The molecule has 0 aromatic carbocycles. The number of hydrogen-bond donors (Lipinski definition) is 1. The van der Waals surface area contributed by atoms with E-state index in [4.69, 9.17) is 18.0 Å². The molecule has 0 fully saturated rings. The fourth-order valence-corrected chi connectivity index (χ4v) is 1.93. The van der Waals surface area contributed by atoms with Crippen LogP contribution in [0.4, 0.5) is 0 Å². The molecule has 0 aliphatic heterocycles. The van der Waals surface area contributed by atoms with Gasteiger partial charge in [0.2, 0.25) is 0 Å². The van der Waals surface area contributed by atoms with E-state index >= 15 is 0 Å². The smallest absolute Gasteiger partial charge is 0.151 e. The maximum Gasteiger partial charge on any atom is 0.151 e. The molecule has 3 nitrogen and oxygen atoms in total. The minimum atomic E-state index is 0.478. The van der Waals surface area contributed by atoms with Crippen molar-refractivity contribution in [3.05, 3.63) is 34.7 Å². The van der Waals surface area contributed by atoms with Crippen molar-refractivity contribution in [2.24, 2.45) is 5.73 Å². The molecule has 2 rings (SSSR count). The Bertz CT molecular complexity index is 492. The molecule has 2 aromatic rings. The number of rotatable bonds is 2. The Balaban J connectivity index is 2.58. The maximum atomic E-state index is 5.49. The van der Waals surface area contributed by atoms with E-state index in [0.29, 0.717) is 11.4 Å². The summed E-state index contributed by atoms with van der Waals surface area (Å²) in [5.41, 5.74) is 7.39. The van der Waals surface area contributed by atoms with Gasteiger partial charge in [0.15, 0.2) is 5.65 Å². The van der Waals surface area contributed by atoms with E-state index in [2.05, 4.69) is 20.9 Å². The first-order valence-electron chi connectivity index (χ1n) is 4.07. The highest BCUT2D eigenvalue weighted by atomic mass is 79.9. The zero-order chi connectivity index (χ0) is 10.1. The van der Waals surface area contributed by atoms with Gasteiger partial charge in [-0.15, -0.1) is 0 Å². The predicted molar refractivity (Wildman–Crippen MR) is 63.4 cm³/mol. The maximum absolute atomic E-state index is 5.49. The molecular formula is C9H8BrN3S. The van der Waals surface area contributed by atoms with Gasteiger partial charge >= 0.3 is 0 Å². The number of hydrogen-bond acceptors (Lipinski definition) is 2. The fourth-order valence-electron chi connectivity index (χ4n) is 1.34. The monoisotopic (exact) mass is 269 g/mol. The van der Waals surface area contributed by atoms with Crippen molar-refractivity contribution in [3.63, 3.8) is 0 Å². The molecule has 0 aliphatic rings. The molecule has 0 saturated heterocycles. The molecular weight excluding hydrogens is 262 g/mol. The van der Waals surface area contributed by atoms with Crippen molar-refractivity contribution in [1.82, 2.24) is 9.38 Å². The van der Waals surface area contributed by atoms with E-state index in [1.165, 1.54) is 0 Å². The average molecular weight is 270 g/mol. The highest BCUT2D eigenvalue weighted by Crippen LogP contribution is 2.17. The van der Waals surface area contributed by atoms with Crippen LogP contribution in [0.25, 0.3) is 5.65 Å². The lowest BCUT2D eigenvalue weighted by atomic mass is 10.3. The largest absolute Gasteiger partial charge is 0.393 e. The van der Waals surface area contributed by atoms with Gasteiger partial charge in [0, 0.05) is 24.5 Å². The first-order valence-corrected chi connectivity index (χ1v) is 5.27. The minimum absolute atomic E-state index is 0.478. The summed E-state index contributed by atoms with van der Waals surface area (Å²) in [7, 11) is 0. The van der Waals surface area contributed by atoms with Crippen molar-refractivity contribution in [2.45, 2.75) is 6.42 Å². The third kappa shape index (κ3) is 1.65. The molecule has 0 spiro atoms. The summed E-state index contributed by atoms with van der Waals surface area (Å²) in [4.78, 5) is 4.75.